The zero-order chi connectivity index (χ0) is 14.3. The summed E-state index contributed by atoms with van der Waals surface area (Å²) in [6, 6.07) is 2.04. The van der Waals surface area contributed by atoms with E-state index in [-0.39, 0.29) is 16.4 Å². The molecule has 0 aliphatic carbocycles. The Hall–Kier alpha value is -1.40. The molecule has 1 aromatic rings. The largest absolute Gasteiger partial charge is 0.381 e. The number of nitrogens with zero attached hydrogens (tertiary/aromatic N) is 1. The first-order valence-electron chi connectivity index (χ1n) is 6.01. The van der Waals surface area contributed by atoms with Crippen molar-refractivity contribution in [2.45, 2.75) is 19.8 Å². The van der Waals surface area contributed by atoms with Crippen molar-refractivity contribution in [3.8, 4) is 0 Å². The second-order valence-electron chi connectivity index (χ2n) is 3.93. The molecule has 0 aromatic heterocycles. The predicted molar refractivity (Wildman–Crippen MR) is 72.3 cm³/mol. The lowest BCUT2D eigenvalue weighted by molar-refractivity contribution is -0.384. The lowest BCUT2D eigenvalue weighted by atomic mass is 10.2. The molecule has 0 heterocycles. The van der Waals surface area contributed by atoms with Crippen molar-refractivity contribution < 1.29 is 14.1 Å². The molecule has 0 saturated heterocycles. The van der Waals surface area contributed by atoms with Crippen LogP contribution in [0.3, 0.4) is 0 Å². The van der Waals surface area contributed by atoms with Crippen LogP contribution in [0.1, 0.15) is 19.8 Å². The summed E-state index contributed by atoms with van der Waals surface area (Å²) in [5.74, 6) is -0.683. The molecule has 0 bridgehead atoms. The van der Waals surface area contributed by atoms with Gasteiger partial charge in [-0.15, -0.1) is 0 Å². The topological polar surface area (TPSA) is 64.4 Å². The van der Waals surface area contributed by atoms with Crippen molar-refractivity contribution in [2.24, 2.45) is 0 Å². The first-order valence-corrected chi connectivity index (χ1v) is 6.39. The molecule has 0 atom stereocenters. The average Bonchev–Trinajstić information content (AvgIpc) is 2.37. The number of hydrogen-bond donors (Lipinski definition) is 1. The molecule has 7 heteroatoms. The molecule has 1 rings (SSSR count). The Kier molecular flexibility index (Phi) is 6.52. The van der Waals surface area contributed by atoms with Crippen LogP contribution in [0.5, 0.6) is 0 Å². The van der Waals surface area contributed by atoms with E-state index < -0.39 is 10.7 Å². The van der Waals surface area contributed by atoms with Gasteiger partial charge in [-0.3, -0.25) is 10.1 Å². The molecule has 0 aliphatic rings. The maximum Gasteiger partial charge on any atom is 0.294 e. The Labute approximate surface area is 115 Å². The highest BCUT2D eigenvalue weighted by Gasteiger charge is 2.17. The first-order chi connectivity index (χ1) is 9.06. The van der Waals surface area contributed by atoms with Crippen molar-refractivity contribution in [3.63, 3.8) is 0 Å². The Balaban J connectivity index is 2.57. The number of benzene rings is 1. The highest BCUT2D eigenvalue weighted by Crippen LogP contribution is 2.30. The summed E-state index contributed by atoms with van der Waals surface area (Å²) >= 11 is 5.52. The molecule has 0 saturated carbocycles. The van der Waals surface area contributed by atoms with Crippen LogP contribution in [-0.2, 0) is 4.74 Å². The van der Waals surface area contributed by atoms with Gasteiger partial charge in [-0.25, -0.2) is 4.39 Å². The maximum absolute atomic E-state index is 13.3. The smallest absolute Gasteiger partial charge is 0.294 e. The predicted octanol–water partition coefficient (Wildman–Crippen LogP) is 3.62. The summed E-state index contributed by atoms with van der Waals surface area (Å²) in [7, 11) is 0. The van der Waals surface area contributed by atoms with Gasteiger partial charge in [0.1, 0.15) is 11.5 Å². The molecular formula is C12H16ClFN2O3. The molecule has 0 aliphatic heterocycles. The third-order valence-electron chi connectivity index (χ3n) is 2.36. The highest BCUT2D eigenvalue weighted by atomic mass is 35.5. The lowest BCUT2D eigenvalue weighted by Gasteiger charge is -2.08. The molecule has 5 nitrogen and oxygen atoms in total. The van der Waals surface area contributed by atoms with Crippen LogP contribution in [0.15, 0.2) is 12.1 Å². The monoisotopic (exact) mass is 290 g/mol. The summed E-state index contributed by atoms with van der Waals surface area (Å²) in [5.41, 5.74) is -0.108. The van der Waals surface area contributed by atoms with E-state index in [0.29, 0.717) is 26.2 Å². The van der Waals surface area contributed by atoms with Gasteiger partial charge >= 0.3 is 0 Å². The van der Waals surface area contributed by atoms with E-state index in [1.807, 2.05) is 6.92 Å². The van der Waals surface area contributed by atoms with E-state index in [2.05, 4.69) is 5.32 Å². The van der Waals surface area contributed by atoms with Crippen LogP contribution in [-0.4, -0.2) is 24.7 Å². The van der Waals surface area contributed by atoms with Gasteiger partial charge in [0.05, 0.1) is 9.95 Å². The third kappa shape index (κ3) is 5.00. The molecule has 0 radical (unpaired) electrons. The minimum Gasteiger partial charge on any atom is -0.381 e. The Morgan fingerprint density at radius 1 is 1.47 bits per heavy atom. The fourth-order valence-corrected chi connectivity index (χ4v) is 1.63. The lowest BCUT2D eigenvalue weighted by Crippen LogP contribution is -2.08. The van der Waals surface area contributed by atoms with E-state index in [0.717, 1.165) is 18.6 Å². The van der Waals surface area contributed by atoms with E-state index in [4.69, 9.17) is 16.3 Å². The third-order valence-corrected chi connectivity index (χ3v) is 2.65. The number of hydrogen-bond acceptors (Lipinski definition) is 4. The maximum atomic E-state index is 13.3. The van der Waals surface area contributed by atoms with Gasteiger partial charge in [0.25, 0.3) is 5.69 Å². The number of rotatable bonds is 8. The Morgan fingerprint density at radius 2 is 2.21 bits per heavy atom. The minimum absolute atomic E-state index is 0.127. The summed E-state index contributed by atoms with van der Waals surface area (Å²) < 4.78 is 18.6. The van der Waals surface area contributed by atoms with Crippen LogP contribution in [0.4, 0.5) is 15.8 Å². The van der Waals surface area contributed by atoms with Crippen LogP contribution in [0.25, 0.3) is 0 Å². The van der Waals surface area contributed by atoms with E-state index in [1.54, 1.807) is 0 Å². The van der Waals surface area contributed by atoms with Gasteiger partial charge in [-0.2, -0.15) is 0 Å². The van der Waals surface area contributed by atoms with E-state index in [9.17, 15) is 14.5 Å². The van der Waals surface area contributed by atoms with Gasteiger partial charge in [0.2, 0.25) is 0 Å². The second kappa shape index (κ2) is 7.91. The molecule has 0 unspecified atom stereocenters. The second-order valence-corrected chi connectivity index (χ2v) is 4.34. The molecule has 106 valence electrons. The number of anilines is 1. The van der Waals surface area contributed by atoms with Crippen molar-refractivity contribution in [3.05, 3.63) is 33.1 Å². The van der Waals surface area contributed by atoms with Crippen LogP contribution < -0.4 is 5.32 Å². The molecular weight excluding hydrogens is 275 g/mol. The molecule has 0 spiro atoms. The average molecular weight is 291 g/mol. The van der Waals surface area contributed by atoms with E-state index in [1.165, 1.54) is 0 Å². The van der Waals surface area contributed by atoms with Crippen molar-refractivity contribution in [2.75, 3.05) is 25.1 Å². The minimum atomic E-state index is -0.683. The Morgan fingerprint density at radius 3 is 2.84 bits per heavy atom. The SMILES string of the molecule is CCCOCCCNc1cc(F)c(Cl)cc1[N+](=O)[O-]. The molecule has 1 N–H and O–H groups in total. The molecule has 1 aromatic carbocycles. The number of nitrogens with one attached hydrogen (secondary N) is 1. The summed E-state index contributed by atoms with van der Waals surface area (Å²) in [5, 5.41) is 13.4. The number of halogens is 2. The van der Waals surface area contributed by atoms with Crippen LogP contribution >= 0.6 is 11.6 Å². The molecule has 0 amide bonds. The normalized spacial score (nSPS) is 10.5. The highest BCUT2D eigenvalue weighted by molar-refractivity contribution is 6.31. The van der Waals surface area contributed by atoms with Crippen molar-refractivity contribution in [1.82, 2.24) is 0 Å². The van der Waals surface area contributed by atoms with Gasteiger partial charge in [-0.05, 0) is 12.8 Å². The number of nitro benzene ring substituents is 1. The summed E-state index contributed by atoms with van der Waals surface area (Å²) in [4.78, 5) is 10.2. The van der Waals surface area contributed by atoms with Gasteiger partial charge in [-0.1, -0.05) is 18.5 Å². The van der Waals surface area contributed by atoms with Crippen LogP contribution in [0.2, 0.25) is 5.02 Å². The standard InChI is InChI=1S/C12H16ClFN2O3/c1-2-5-19-6-3-4-15-11-8-10(14)9(13)7-12(11)16(17)18/h7-8,15H,2-6H2,1H3. The number of ether oxygens (including phenoxy) is 1. The first kappa shape index (κ1) is 15.7. The molecule has 0 fully saturated rings. The van der Waals surface area contributed by atoms with Gasteiger partial charge < -0.3 is 10.1 Å². The zero-order valence-corrected chi connectivity index (χ0v) is 11.4. The fourth-order valence-electron chi connectivity index (χ4n) is 1.47. The summed E-state index contributed by atoms with van der Waals surface area (Å²) in [6.07, 6.45) is 1.63. The van der Waals surface area contributed by atoms with Crippen molar-refractivity contribution >= 4 is 23.0 Å². The van der Waals surface area contributed by atoms with Gasteiger partial charge in [0, 0.05) is 31.9 Å². The molecule has 19 heavy (non-hydrogen) atoms. The number of nitro groups is 1. The van der Waals surface area contributed by atoms with Crippen LogP contribution in [0, 0.1) is 15.9 Å². The summed E-state index contributed by atoms with van der Waals surface area (Å²) in [6.45, 7) is 3.73. The van der Waals surface area contributed by atoms with Crippen molar-refractivity contribution in [1.29, 1.82) is 0 Å². The van der Waals surface area contributed by atoms with Gasteiger partial charge in [0.15, 0.2) is 0 Å². The fraction of sp³-hybridized carbons (Fsp3) is 0.500. The zero-order valence-electron chi connectivity index (χ0n) is 10.6. The quantitative estimate of drug-likeness (QED) is 0.451. The Bertz CT molecular complexity index is 443. The van der Waals surface area contributed by atoms with E-state index >= 15 is 0 Å².